The van der Waals surface area contributed by atoms with Crippen LogP contribution in [0.25, 0.3) is 0 Å². The third kappa shape index (κ3) is 4.36. The molecule has 6 heteroatoms. The first-order valence-corrected chi connectivity index (χ1v) is 5.14. The summed E-state index contributed by atoms with van der Waals surface area (Å²) in [5, 5.41) is 6.58. The molecule has 0 fully saturated rings. The van der Waals surface area contributed by atoms with Crippen molar-refractivity contribution >= 4 is 34.9 Å². The van der Waals surface area contributed by atoms with Gasteiger partial charge in [0, 0.05) is 26.2 Å². The van der Waals surface area contributed by atoms with Crippen LogP contribution >= 0.6 is 23.2 Å². The normalized spacial score (nSPS) is 9.80. The Kier molecular flexibility index (Phi) is 4.65. The molecule has 0 spiro atoms. The zero-order valence-electron chi connectivity index (χ0n) is 8.18. The van der Waals surface area contributed by atoms with E-state index in [4.69, 9.17) is 23.2 Å². The molecule has 0 atom stereocenters. The monoisotopic (exact) mass is 247 g/mol. The molecule has 0 aliphatic heterocycles. The molecular weight excluding hydrogens is 237 g/mol. The van der Waals surface area contributed by atoms with Gasteiger partial charge in [0.25, 0.3) is 0 Å². The van der Waals surface area contributed by atoms with Crippen molar-refractivity contribution in [2.45, 2.75) is 6.92 Å². The maximum atomic E-state index is 10.6. The van der Waals surface area contributed by atoms with Crippen molar-refractivity contribution in [1.29, 1.82) is 0 Å². The molecule has 0 radical (unpaired) electrons. The molecule has 0 aliphatic rings. The largest absolute Gasteiger partial charge is 0.367 e. The average Bonchev–Trinajstić information content (AvgIpc) is 2.14. The topological polar surface area (TPSA) is 54.0 Å². The van der Waals surface area contributed by atoms with Crippen LogP contribution in [0.2, 0.25) is 10.0 Å². The number of pyridine rings is 1. The number of carbonyl (C=O) groups excluding carboxylic acids is 1. The van der Waals surface area contributed by atoms with Crippen LogP contribution in [0.3, 0.4) is 0 Å². The zero-order chi connectivity index (χ0) is 11.3. The van der Waals surface area contributed by atoms with Crippen molar-refractivity contribution in [1.82, 2.24) is 10.3 Å². The Morgan fingerprint density at radius 2 is 2.20 bits per heavy atom. The molecule has 15 heavy (non-hydrogen) atoms. The van der Waals surface area contributed by atoms with Gasteiger partial charge in [0.2, 0.25) is 5.91 Å². The molecule has 1 heterocycles. The number of rotatable bonds is 4. The molecule has 4 nitrogen and oxygen atoms in total. The molecule has 0 unspecified atom stereocenters. The average molecular weight is 248 g/mol. The Balaban J connectivity index is 2.40. The first-order valence-electron chi connectivity index (χ1n) is 4.39. The van der Waals surface area contributed by atoms with Crippen molar-refractivity contribution in [2.24, 2.45) is 0 Å². The molecule has 0 bridgehead atoms. The maximum absolute atomic E-state index is 10.6. The van der Waals surface area contributed by atoms with Gasteiger partial charge in [-0.3, -0.25) is 4.79 Å². The van der Waals surface area contributed by atoms with Crippen LogP contribution in [0.15, 0.2) is 12.3 Å². The van der Waals surface area contributed by atoms with Gasteiger partial charge in [0.05, 0.1) is 10.0 Å². The molecule has 1 aromatic rings. The van der Waals surface area contributed by atoms with Crippen molar-refractivity contribution in [2.75, 3.05) is 18.4 Å². The minimum Gasteiger partial charge on any atom is -0.367 e. The van der Waals surface area contributed by atoms with Crippen molar-refractivity contribution in [3.63, 3.8) is 0 Å². The van der Waals surface area contributed by atoms with Crippen LogP contribution in [-0.2, 0) is 4.79 Å². The predicted molar refractivity (Wildman–Crippen MR) is 61.4 cm³/mol. The lowest BCUT2D eigenvalue weighted by Gasteiger charge is -2.07. The fourth-order valence-corrected chi connectivity index (χ4v) is 1.41. The van der Waals surface area contributed by atoms with Gasteiger partial charge in [-0.05, 0) is 6.07 Å². The molecule has 1 aromatic heterocycles. The van der Waals surface area contributed by atoms with E-state index in [1.807, 2.05) is 0 Å². The Hall–Kier alpha value is -1.000. The van der Waals surface area contributed by atoms with Crippen LogP contribution in [-0.4, -0.2) is 24.0 Å². The third-order valence-corrected chi connectivity index (χ3v) is 2.09. The van der Waals surface area contributed by atoms with Crippen LogP contribution in [0.5, 0.6) is 0 Å². The number of halogens is 2. The van der Waals surface area contributed by atoms with Crippen LogP contribution in [0.4, 0.5) is 5.82 Å². The van der Waals surface area contributed by atoms with Gasteiger partial charge in [0.15, 0.2) is 0 Å². The minimum atomic E-state index is -0.0630. The Labute approximate surface area is 98.0 Å². The van der Waals surface area contributed by atoms with E-state index >= 15 is 0 Å². The lowest BCUT2D eigenvalue weighted by atomic mass is 10.4. The quantitative estimate of drug-likeness (QED) is 0.800. The molecule has 1 rings (SSSR count). The Bertz CT molecular complexity index is 357. The Morgan fingerprint density at radius 3 is 2.80 bits per heavy atom. The van der Waals surface area contributed by atoms with Gasteiger partial charge >= 0.3 is 0 Å². The summed E-state index contributed by atoms with van der Waals surface area (Å²) in [7, 11) is 0. The van der Waals surface area contributed by atoms with E-state index in [0.717, 1.165) is 0 Å². The number of nitrogens with one attached hydrogen (secondary N) is 2. The highest BCUT2D eigenvalue weighted by Gasteiger charge is 2.01. The van der Waals surface area contributed by atoms with Gasteiger partial charge in [-0.2, -0.15) is 0 Å². The minimum absolute atomic E-state index is 0.0630. The molecular formula is C9H11Cl2N3O. The third-order valence-electron chi connectivity index (χ3n) is 1.60. The predicted octanol–water partition coefficient (Wildman–Crippen LogP) is 1.94. The summed E-state index contributed by atoms with van der Waals surface area (Å²) in [4.78, 5) is 14.6. The number of aromatic nitrogens is 1. The Morgan fingerprint density at radius 1 is 1.47 bits per heavy atom. The highest BCUT2D eigenvalue weighted by Crippen LogP contribution is 2.21. The second-order valence-corrected chi connectivity index (χ2v) is 3.74. The number of amides is 1. The summed E-state index contributed by atoms with van der Waals surface area (Å²) in [5.41, 5.74) is 0. The summed E-state index contributed by atoms with van der Waals surface area (Å²) >= 11 is 11.6. The summed E-state index contributed by atoms with van der Waals surface area (Å²) in [6.45, 7) is 2.55. The van der Waals surface area contributed by atoms with Gasteiger partial charge in [0.1, 0.15) is 5.82 Å². The van der Waals surface area contributed by atoms with Gasteiger partial charge < -0.3 is 10.6 Å². The summed E-state index contributed by atoms with van der Waals surface area (Å²) in [6, 6.07) is 1.61. The lowest BCUT2D eigenvalue weighted by Crippen LogP contribution is -2.26. The van der Waals surface area contributed by atoms with Gasteiger partial charge in [-0.1, -0.05) is 23.2 Å². The maximum Gasteiger partial charge on any atom is 0.216 e. The summed E-state index contributed by atoms with van der Waals surface area (Å²) < 4.78 is 0. The van der Waals surface area contributed by atoms with Crippen LogP contribution < -0.4 is 10.6 Å². The molecule has 0 saturated heterocycles. The first kappa shape index (κ1) is 12.1. The van der Waals surface area contributed by atoms with E-state index in [-0.39, 0.29) is 5.91 Å². The number of anilines is 1. The van der Waals surface area contributed by atoms with Crippen molar-refractivity contribution < 1.29 is 4.79 Å². The lowest BCUT2D eigenvalue weighted by molar-refractivity contribution is -0.118. The highest BCUT2D eigenvalue weighted by atomic mass is 35.5. The molecule has 0 aromatic carbocycles. The molecule has 0 aliphatic carbocycles. The summed E-state index contributed by atoms with van der Waals surface area (Å²) in [5.74, 6) is 0.499. The van der Waals surface area contributed by atoms with E-state index < -0.39 is 0 Å². The van der Waals surface area contributed by atoms with Crippen LogP contribution in [0.1, 0.15) is 6.92 Å². The molecule has 1 amide bonds. The molecule has 82 valence electrons. The summed E-state index contributed by atoms with van der Waals surface area (Å²) in [6.07, 6.45) is 1.51. The zero-order valence-corrected chi connectivity index (χ0v) is 9.69. The van der Waals surface area contributed by atoms with Gasteiger partial charge in [-0.15, -0.1) is 0 Å². The highest BCUT2D eigenvalue weighted by molar-refractivity contribution is 6.35. The SMILES string of the molecule is CC(=O)NCCNc1ncc(Cl)cc1Cl. The first-order chi connectivity index (χ1) is 7.09. The number of nitrogens with zero attached hydrogens (tertiary/aromatic N) is 1. The molecule has 2 N–H and O–H groups in total. The number of hydrogen-bond donors (Lipinski definition) is 2. The van der Waals surface area contributed by atoms with E-state index in [1.165, 1.54) is 13.1 Å². The standard InChI is InChI=1S/C9H11Cl2N3O/c1-6(15)12-2-3-13-9-8(11)4-7(10)5-14-9/h4-5H,2-3H2,1H3,(H,12,15)(H,13,14). The van der Waals surface area contributed by atoms with Crippen molar-refractivity contribution in [3.8, 4) is 0 Å². The fourth-order valence-electron chi connectivity index (χ4n) is 0.964. The number of carbonyl (C=O) groups is 1. The molecule has 0 saturated carbocycles. The van der Waals surface area contributed by atoms with E-state index in [1.54, 1.807) is 6.07 Å². The van der Waals surface area contributed by atoms with E-state index in [2.05, 4.69) is 15.6 Å². The smallest absolute Gasteiger partial charge is 0.216 e. The van der Waals surface area contributed by atoms with Gasteiger partial charge in [-0.25, -0.2) is 4.98 Å². The second kappa shape index (κ2) is 5.78. The van der Waals surface area contributed by atoms with E-state index in [9.17, 15) is 4.79 Å². The van der Waals surface area contributed by atoms with Crippen molar-refractivity contribution in [3.05, 3.63) is 22.3 Å². The fraction of sp³-hybridized carbons (Fsp3) is 0.333. The number of hydrogen-bond acceptors (Lipinski definition) is 3. The second-order valence-electron chi connectivity index (χ2n) is 2.89. The van der Waals surface area contributed by atoms with E-state index in [0.29, 0.717) is 29.0 Å². The van der Waals surface area contributed by atoms with Crippen LogP contribution in [0, 0.1) is 0 Å².